The van der Waals surface area contributed by atoms with Crippen molar-refractivity contribution in [2.24, 2.45) is 11.7 Å². The fourth-order valence-electron chi connectivity index (χ4n) is 7.37. The van der Waals surface area contributed by atoms with Crippen molar-refractivity contribution in [1.82, 2.24) is 0 Å². The molecular formula is C46H97NO3Si. The van der Waals surface area contributed by atoms with Crippen LogP contribution in [0, 0.1) is 5.92 Å². The summed E-state index contributed by atoms with van der Waals surface area (Å²) in [6.07, 6.45) is 47.0. The SMILES string of the molecule is CCCCCCCCCCCCCCCCO[Si](CC(C)C)(OCCCCCCCCCCCC)OCCC(N)CCCCCCCCCCC. The summed E-state index contributed by atoms with van der Waals surface area (Å²) in [5.41, 5.74) is 6.60. The van der Waals surface area contributed by atoms with Gasteiger partial charge in [0.15, 0.2) is 0 Å². The molecule has 0 aromatic heterocycles. The van der Waals surface area contributed by atoms with Gasteiger partial charge < -0.3 is 19.0 Å². The van der Waals surface area contributed by atoms with Gasteiger partial charge in [-0.05, 0) is 31.6 Å². The van der Waals surface area contributed by atoms with Crippen LogP contribution in [0.1, 0.15) is 259 Å². The normalized spacial score (nSPS) is 13.7. The topological polar surface area (TPSA) is 53.7 Å². The molecular weight excluding hydrogens is 643 g/mol. The smallest absolute Gasteiger partial charge is 0.373 e. The summed E-state index contributed by atoms with van der Waals surface area (Å²) in [7, 11) is -2.74. The summed E-state index contributed by atoms with van der Waals surface area (Å²) in [4.78, 5) is 0. The molecule has 0 radical (unpaired) electrons. The molecule has 0 saturated carbocycles. The first-order chi connectivity index (χ1) is 25.0. The zero-order chi connectivity index (χ0) is 37.4. The largest absolute Gasteiger partial charge is 0.501 e. The third kappa shape index (κ3) is 38.1. The lowest BCUT2D eigenvalue weighted by atomic mass is 10.0. The van der Waals surface area contributed by atoms with E-state index in [1.807, 2.05) is 0 Å². The second-order valence-electron chi connectivity index (χ2n) is 16.8. The summed E-state index contributed by atoms with van der Waals surface area (Å²) in [5, 5.41) is 0. The summed E-state index contributed by atoms with van der Waals surface area (Å²) >= 11 is 0. The van der Waals surface area contributed by atoms with Crippen molar-refractivity contribution in [2.45, 2.75) is 271 Å². The van der Waals surface area contributed by atoms with E-state index in [-0.39, 0.29) is 6.04 Å². The van der Waals surface area contributed by atoms with Crippen LogP contribution in [0.25, 0.3) is 0 Å². The molecule has 0 amide bonds. The van der Waals surface area contributed by atoms with Crippen LogP contribution in [-0.2, 0) is 13.3 Å². The average molecular weight is 740 g/mol. The van der Waals surface area contributed by atoms with E-state index < -0.39 is 8.80 Å². The fourth-order valence-corrected chi connectivity index (χ4v) is 10.3. The van der Waals surface area contributed by atoms with Gasteiger partial charge in [-0.2, -0.15) is 0 Å². The molecule has 308 valence electrons. The van der Waals surface area contributed by atoms with Crippen molar-refractivity contribution < 1.29 is 13.3 Å². The molecule has 0 spiro atoms. The Kier molecular flexibility index (Phi) is 41.3. The predicted octanol–water partition coefficient (Wildman–Crippen LogP) is 15.7. The van der Waals surface area contributed by atoms with Crippen molar-refractivity contribution in [3.63, 3.8) is 0 Å². The van der Waals surface area contributed by atoms with Gasteiger partial charge in [0.25, 0.3) is 0 Å². The first-order valence-corrected chi connectivity index (χ1v) is 25.6. The molecule has 51 heavy (non-hydrogen) atoms. The Morgan fingerprint density at radius 1 is 0.353 bits per heavy atom. The highest BCUT2D eigenvalue weighted by atomic mass is 28.4. The van der Waals surface area contributed by atoms with Gasteiger partial charge in [0, 0.05) is 31.9 Å². The fraction of sp³-hybridized carbons (Fsp3) is 1.00. The number of rotatable bonds is 44. The van der Waals surface area contributed by atoms with Crippen molar-refractivity contribution in [2.75, 3.05) is 19.8 Å². The van der Waals surface area contributed by atoms with Gasteiger partial charge in [-0.3, -0.25) is 0 Å². The van der Waals surface area contributed by atoms with Crippen LogP contribution >= 0.6 is 0 Å². The highest BCUT2D eigenvalue weighted by Gasteiger charge is 2.42. The third-order valence-corrected chi connectivity index (χ3v) is 14.0. The Morgan fingerprint density at radius 3 is 0.941 bits per heavy atom. The van der Waals surface area contributed by atoms with Gasteiger partial charge in [0.05, 0.1) is 0 Å². The molecule has 0 rings (SSSR count). The Hall–Kier alpha value is 0.0569. The molecule has 0 fully saturated rings. The first kappa shape index (κ1) is 51.1. The number of hydrogen-bond acceptors (Lipinski definition) is 4. The molecule has 2 N–H and O–H groups in total. The zero-order valence-electron chi connectivity index (χ0n) is 36.0. The lowest BCUT2D eigenvalue weighted by molar-refractivity contribution is 0.0515. The second-order valence-corrected chi connectivity index (χ2v) is 19.4. The zero-order valence-corrected chi connectivity index (χ0v) is 37.0. The minimum absolute atomic E-state index is 0.216. The summed E-state index contributed by atoms with van der Waals surface area (Å²) < 4.78 is 20.2. The molecule has 0 aromatic carbocycles. The molecule has 0 aliphatic carbocycles. The highest BCUT2D eigenvalue weighted by molar-refractivity contribution is 6.60. The van der Waals surface area contributed by atoms with Crippen molar-refractivity contribution in [1.29, 1.82) is 0 Å². The quantitative estimate of drug-likeness (QED) is 0.0499. The average Bonchev–Trinajstić information content (AvgIpc) is 3.11. The van der Waals surface area contributed by atoms with Crippen molar-refractivity contribution in [3.8, 4) is 0 Å². The number of nitrogens with two attached hydrogens (primary N) is 1. The number of hydrogen-bond donors (Lipinski definition) is 1. The molecule has 2 atom stereocenters. The van der Waals surface area contributed by atoms with E-state index in [0.29, 0.717) is 12.5 Å². The molecule has 0 saturated heterocycles. The Morgan fingerprint density at radius 2 is 0.627 bits per heavy atom. The maximum absolute atomic E-state index is 6.74. The Labute approximate surface area is 324 Å². The maximum atomic E-state index is 6.74. The van der Waals surface area contributed by atoms with Crippen LogP contribution in [0.4, 0.5) is 0 Å². The van der Waals surface area contributed by atoms with E-state index in [1.165, 1.54) is 199 Å². The molecule has 4 nitrogen and oxygen atoms in total. The Balaban J connectivity index is 4.55. The molecule has 0 aromatic rings. The lowest BCUT2D eigenvalue weighted by Gasteiger charge is -2.31. The minimum atomic E-state index is -2.74. The van der Waals surface area contributed by atoms with Gasteiger partial charge in [-0.15, -0.1) is 0 Å². The van der Waals surface area contributed by atoms with E-state index in [1.54, 1.807) is 0 Å². The van der Waals surface area contributed by atoms with E-state index in [0.717, 1.165) is 44.9 Å². The van der Waals surface area contributed by atoms with E-state index in [9.17, 15) is 0 Å². The molecule has 0 bridgehead atoms. The summed E-state index contributed by atoms with van der Waals surface area (Å²) in [6, 6.07) is 1.13. The first-order valence-electron chi connectivity index (χ1n) is 23.7. The van der Waals surface area contributed by atoms with Crippen LogP contribution in [0.5, 0.6) is 0 Å². The van der Waals surface area contributed by atoms with Crippen LogP contribution in [-0.4, -0.2) is 34.7 Å². The lowest BCUT2D eigenvalue weighted by Crippen LogP contribution is -2.48. The van der Waals surface area contributed by atoms with Gasteiger partial charge in [-0.1, -0.05) is 234 Å². The van der Waals surface area contributed by atoms with E-state index >= 15 is 0 Å². The maximum Gasteiger partial charge on any atom is 0.501 e. The summed E-state index contributed by atoms with van der Waals surface area (Å²) in [6.45, 7) is 13.7. The minimum Gasteiger partial charge on any atom is -0.373 e. The highest BCUT2D eigenvalue weighted by Crippen LogP contribution is 2.24. The molecule has 2 unspecified atom stereocenters. The van der Waals surface area contributed by atoms with E-state index in [4.69, 9.17) is 19.0 Å². The molecule has 0 aliphatic heterocycles. The van der Waals surface area contributed by atoms with Crippen LogP contribution in [0.3, 0.4) is 0 Å². The second kappa shape index (κ2) is 41.2. The van der Waals surface area contributed by atoms with Crippen LogP contribution in [0.15, 0.2) is 0 Å². The van der Waals surface area contributed by atoms with E-state index in [2.05, 4.69) is 34.6 Å². The molecule has 0 aliphatic rings. The standard InChI is InChI=1S/C46H97NO3Si/c1-6-9-12-15-18-21-23-24-25-26-29-32-35-38-42-49-51(44-45(4)5,48-41-37-34-31-28-22-19-16-13-10-7-2)50-43-40-46(47)39-36-33-30-27-20-17-14-11-8-3/h45-46H,6-44,47H2,1-5H3. The third-order valence-electron chi connectivity index (χ3n) is 10.8. The number of unbranched alkanes of at least 4 members (excludes halogenated alkanes) is 30. The van der Waals surface area contributed by atoms with Crippen molar-refractivity contribution >= 4 is 8.80 Å². The predicted molar refractivity (Wildman–Crippen MR) is 230 cm³/mol. The van der Waals surface area contributed by atoms with Crippen molar-refractivity contribution in [3.05, 3.63) is 0 Å². The Bertz CT molecular complexity index is 650. The molecule has 5 heteroatoms. The van der Waals surface area contributed by atoms with Crippen LogP contribution in [0.2, 0.25) is 6.04 Å². The van der Waals surface area contributed by atoms with Gasteiger partial charge in [-0.25, -0.2) is 0 Å². The van der Waals surface area contributed by atoms with Gasteiger partial charge in [0.1, 0.15) is 0 Å². The summed E-state index contributed by atoms with van der Waals surface area (Å²) in [5.74, 6) is 0.497. The van der Waals surface area contributed by atoms with Gasteiger partial charge >= 0.3 is 8.80 Å². The monoisotopic (exact) mass is 740 g/mol. The van der Waals surface area contributed by atoms with Crippen LogP contribution < -0.4 is 5.73 Å². The van der Waals surface area contributed by atoms with Gasteiger partial charge in [0.2, 0.25) is 0 Å². The molecule has 0 heterocycles.